The van der Waals surface area contributed by atoms with Crippen LogP contribution in [-0.2, 0) is 25.5 Å². The summed E-state index contributed by atoms with van der Waals surface area (Å²) < 4.78 is 15.7. The number of carbonyl (C=O) groups excluding carboxylic acids is 3. The zero-order valence-corrected chi connectivity index (χ0v) is 17.5. The number of methoxy groups -OCH3 is 2. The molecular weight excluding hydrogens is 398 g/mol. The third-order valence-corrected chi connectivity index (χ3v) is 4.88. The van der Waals surface area contributed by atoms with Gasteiger partial charge in [0.1, 0.15) is 5.01 Å². The van der Waals surface area contributed by atoms with Crippen LogP contribution in [0.4, 0.5) is 0 Å². The number of ether oxygens (including phenoxy) is 3. The average Bonchev–Trinajstić information content (AvgIpc) is 3.19. The number of hydrogen-bond donors (Lipinski definition) is 1. The molecule has 2 rings (SSSR count). The lowest BCUT2D eigenvalue weighted by atomic mass is 10.2. The maximum atomic E-state index is 12.0. The van der Waals surface area contributed by atoms with Crippen LogP contribution in [0.5, 0.6) is 11.5 Å². The number of para-hydroxylation sites is 1. The van der Waals surface area contributed by atoms with Crippen LogP contribution in [-0.4, -0.2) is 69.1 Å². The van der Waals surface area contributed by atoms with E-state index >= 15 is 0 Å². The van der Waals surface area contributed by atoms with E-state index in [2.05, 4.69) is 10.3 Å². The normalized spacial score (nSPS) is 10.2. The van der Waals surface area contributed by atoms with Gasteiger partial charge < -0.3 is 24.4 Å². The van der Waals surface area contributed by atoms with Crippen LogP contribution >= 0.6 is 11.3 Å². The second-order valence-corrected chi connectivity index (χ2v) is 6.80. The van der Waals surface area contributed by atoms with Crippen LogP contribution in [0.2, 0.25) is 0 Å². The van der Waals surface area contributed by atoms with Gasteiger partial charge in [-0.15, -0.1) is 11.3 Å². The number of likely N-dealkylation sites (N-methyl/N-ethyl adjacent to an activating group) is 2. The fourth-order valence-corrected chi connectivity index (χ4v) is 3.24. The minimum atomic E-state index is -0.582. The van der Waals surface area contributed by atoms with Crippen molar-refractivity contribution < 1.29 is 28.6 Å². The molecule has 0 saturated heterocycles. The van der Waals surface area contributed by atoms with Gasteiger partial charge >= 0.3 is 5.97 Å². The fraction of sp³-hybridized carbons (Fsp3) is 0.368. The standard InChI is InChI=1S/C19H23N3O6S/c1-20-15(23)9-22(2)16(24)10-28-17(25)8-12-11-29-19(21-12)13-6-5-7-14(26-3)18(13)27-4/h5-7,11H,8-10H2,1-4H3,(H,20,23). The van der Waals surface area contributed by atoms with Crippen molar-refractivity contribution in [1.82, 2.24) is 15.2 Å². The van der Waals surface area contributed by atoms with Crippen molar-refractivity contribution >= 4 is 29.1 Å². The molecule has 2 amide bonds. The molecule has 0 aliphatic rings. The molecule has 0 radical (unpaired) electrons. The number of rotatable bonds is 9. The number of nitrogens with zero attached hydrogens (tertiary/aromatic N) is 2. The Morgan fingerprint density at radius 3 is 2.62 bits per heavy atom. The molecule has 1 aromatic heterocycles. The molecule has 2 aromatic rings. The molecule has 0 unspecified atom stereocenters. The van der Waals surface area contributed by atoms with E-state index in [9.17, 15) is 14.4 Å². The Bertz CT molecular complexity index is 883. The molecule has 0 saturated carbocycles. The van der Waals surface area contributed by atoms with E-state index in [1.165, 1.54) is 30.3 Å². The molecule has 156 valence electrons. The molecular formula is C19H23N3O6S. The highest BCUT2D eigenvalue weighted by Gasteiger charge is 2.18. The topological polar surface area (TPSA) is 107 Å². The van der Waals surface area contributed by atoms with Gasteiger partial charge in [0, 0.05) is 19.5 Å². The summed E-state index contributed by atoms with van der Waals surface area (Å²) in [6.07, 6.45) is -0.0742. The van der Waals surface area contributed by atoms with Gasteiger partial charge in [-0.1, -0.05) is 6.07 Å². The second kappa shape index (κ2) is 10.4. The van der Waals surface area contributed by atoms with Gasteiger partial charge in [-0.3, -0.25) is 14.4 Å². The molecule has 1 N–H and O–H groups in total. The second-order valence-electron chi connectivity index (χ2n) is 5.95. The van der Waals surface area contributed by atoms with Gasteiger partial charge in [-0.25, -0.2) is 4.98 Å². The first kappa shape index (κ1) is 22.2. The summed E-state index contributed by atoms with van der Waals surface area (Å²) in [5, 5.41) is 4.83. The molecule has 1 heterocycles. The number of thiazole rings is 1. The van der Waals surface area contributed by atoms with E-state index in [1.807, 2.05) is 12.1 Å². The lowest BCUT2D eigenvalue weighted by Crippen LogP contribution is -2.39. The molecule has 0 aliphatic heterocycles. The molecule has 29 heavy (non-hydrogen) atoms. The average molecular weight is 421 g/mol. The minimum absolute atomic E-state index is 0.0742. The Labute approximate surface area is 172 Å². The predicted octanol–water partition coefficient (Wildman–Crippen LogP) is 1.12. The first-order valence-electron chi connectivity index (χ1n) is 8.65. The van der Waals surface area contributed by atoms with Gasteiger partial charge in [0.25, 0.3) is 5.91 Å². The summed E-state index contributed by atoms with van der Waals surface area (Å²) in [7, 11) is 6.03. The summed E-state index contributed by atoms with van der Waals surface area (Å²) in [6.45, 7) is -0.544. The maximum absolute atomic E-state index is 12.0. The Balaban J connectivity index is 1.96. The Morgan fingerprint density at radius 2 is 1.97 bits per heavy atom. The van der Waals surface area contributed by atoms with Gasteiger partial charge in [-0.2, -0.15) is 0 Å². The van der Waals surface area contributed by atoms with Gasteiger partial charge in [-0.05, 0) is 12.1 Å². The van der Waals surface area contributed by atoms with Crippen LogP contribution in [0.15, 0.2) is 23.6 Å². The summed E-state index contributed by atoms with van der Waals surface area (Å²) in [6, 6.07) is 5.46. The van der Waals surface area contributed by atoms with Crippen LogP contribution < -0.4 is 14.8 Å². The van der Waals surface area contributed by atoms with Crippen molar-refractivity contribution in [1.29, 1.82) is 0 Å². The number of hydrogen-bond acceptors (Lipinski definition) is 8. The predicted molar refractivity (Wildman–Crippen MR) is 107 cm³/mol. The number of benzene rings is 1. The van der Waals surface area contributed by atoms with Crippen LogP contribution in [0.1, 0.15) is 5.69 Å². The molecule has 0 aliphatic carbocycles. The zero-order chi connectivity index (χ0) is 21.4. The fourth-order valence-electron chi connectivity index (χ4n) is 2.40. The highest BCUT2D eigenvalue weighted by molar-refractivity contribution is 7.13. The SMILES string of the molecule is CNC(=O)CN(C)C(=O)COC(=O)Cc1csc(-c2cccc(OC)c2OC)n1. The van der Waals surface area contributed by atoms with Crippen molar-refractivity contribution in [2.24, 2.45) is 0 Å². The summed E-state index contributed by atoms with van der Waals surface area (Å²) in [5.41, 5.74) is 1.27. The number of esters is 1. The summed E-state index contributed by atoms with van der Waals surface area (Å²) >= 11 is 1.36. The van der Waals surface area contributed by atoms with E-state index in [4.69, 9.17) is 14.2 Å². The highest BCUT2D eigenvalue weighted by Crippen LogP contribution is 2.38. The largest absolute Gasteiger partial charge is 0.493 e. The maximum Gasteiger partial charge on any atom is 0.312 e. The third-order valence-electron chi connectivity index (χ3n) is 3.95. The number of aromatic nitrogens is 1. The van der Waals surface area contributed by atoms with Gasteiger partial charge in [0.15, 0.2) is 18.1 Å². The molecule has 1 aromatic carbocycles. The van der Waals surface area contributed by atoms with Crippen molar-refractivity contribution in [3.05, 3.63) is 29.3 Å². The Hall–Kier alpha value is -3.14. The van der Waals surface area contributed by atoms with Crippen LogP contribution in [0.25, 0.3) is 10.6 Å². The molecule has 0 fully saturated rings. The van der Waals surface area contributed by atoms with Crippen molar-refractivity contribution in [3.63, 3.8) is 0 Å². The lowest BCUT2D eigenvalue weighted by molar-refractivity contribution is -0.151. The van der Waals surface area contributed by atoms with E-state index in [-0.39, 0.29) is 18.9 Å². The lowest BCUT2D eigenvalue weighted by Gasteiger charge is -2.15. The molecule has 0 bridgehead atoms. The van der Waals surface area contributed by atoms with Crippen molar-refractivity contribution in [2.75, 3.05) is 41.5 Å². The Morgan fingerprint density at radius 1 is 1.21 bits per heavy atom. The summed E-state index contributed by atoms with van der Waals surface area (Å²) in [5.74, 6) is -0.220. The van der Waals surface area contributed by atoms with Crippen LogP contribution in [0.3, 0.4) is 0 Å². The monoisotopic (exact) mass is 421 g/mol. The van der Waals surface area contributed by atoms with E-state index in [0.717, 1.165) is 5.56 Å². The zero-order valence-electron chi connectivity index (χ0n) is 16.7. The summed E-state index contributed by atoms with van der Waals surface area (Å²) in [4.78, 5) is 40.8. The van der Waals surface area contributed by atoms with E-state index in [0.29, 0.717) is 22.2 Å². The van der Waals surface area contributed by atoms with Crippen molar-refractivity contribution in [3.8, 4) is 22.1 Å². The quantitative estimate of drug-likeness (QED) is 0.605. The minimum Gasteiger partial charge on any atom is -0.493 e. The molecule has 0 spiro atoms. The first-order chi connectivity index (χ1) is 13.9. The molecule has 10 heteroatoms. The molecule has 9 nitrogen and oxygen atoms in total. The molecule has 0 atom stereocenters. The van der Waals surface area contributed by atoms with Crippen molar-refractivity contribution in [2.45, 2.75) is 6.42 Å². The van der Waals surface area contributed by atoms with E-state index < -0.39 is 18.5 Å². The first-order valence-corrected chi connectivity index (χ1v) is 9.53. The highest BCUT2D eigenvalue weighted by atomic mass is 32.1. The number of carbonyl (C=O) groups is 3. The van der Waals surface area contributed by atoms with Gasteiger partial charge in [0.2, 0.25) is 5.91 Å². The number of amides is 2. The number of nitrogens with one attached hydrogen (secondary N) is 1. The van der Waals surface area contributed by atoms with E-state index in [1.54, 1.807) is 25.7 Å². The van der Waals surface area contributed by atoms with Crippen LogP contribution in [0, 0.1) is 0 Å². The van der Waals surface area contributed by atoms with Gasteiger partial charge in [0.05, 0.1) is 38.4 Å². The smallest absolute Gasteiger partial charge is 0.312 e. The third kappa shape index (κ3) is 5.92. The Kier molecular flexibility index (Phi) is 7.96.